The van der Waals surface area contributed by atoms with E-state index >= 15 is 0 Å². The van der Waals surface area contributed by atoms with Crippen molar-refractivity contribution in [1.29, 1.82) is 0 Å². The number of furan rings is 1. The number of carbonyl (C=O) groups is 1. The monoisotopic (exact) mass is 249 g/mol. The third-order valence-electron chi connectivity index (χ3n) is 1.93. The molecule has 0 bridgehead atoms. The average Bonchev–Trinajstić information content (AvgIpc) is 2.58. The zero-order chi connectivity index (χ0) is 11.3. The lowest BCUT2D eigenvalue weighted by Gasteiger charge is -2.04. The summed E-state index contributed by atoms with van der Waals surface area (Å²) in [4.78, 5) is 11.5. The van der Waals surface area contributed by atoms with E-state index < -0.39 is 0 Å². The van der Waals surface area contributed by atoms with Crippen LogP contribution >= 0.6 is 23.2 Å². The molecule has 84 valence electrons. The van der Waals surface area contributed by atoms with Gasteiger partial charge in [-0.05, 0) is 37.4 Å². The number of carbonyl (C=O) groups excluding carboxylic acids is 1. The van der Waals surface area contributed by atoms with Crippen LogP contribution in [0.1, 0.15) is 30.1 Å². The van der Waals surface area contributed by atoms with Gasteiger partial charge in [-0.3, -0.25) is 4.79 Å². The molecule has 1 amide bonds. The molecule has 0 aliphatic carbocycles. The summed E-state index contributed by atoms with van der Waals surface area (Å²) in [6, 6.07) is 1.54. The second kappa shape index (κ2) is 6.03. The molecule has 0 aliphatic rings. The van der Waals surface area contributed by atoms with Crippen molar-refractivity contribution in [3.8, 4) is 0 Å². The van der Waals surface area contributed by atoms with Gasteiger partial charge in [-0.2, -0.15) is 0 Å². The maximum absolute atomic E-state index is 11.5. The Balaban J connectivity index is 2.28. The fraction of sp³-hybridized carbons (Fsp3) is 0.500. The molecule has 5 heteroatoms. The van der Waals surface area contributed by atoms with E-state index in [0.717, 1.165) is 12.8 Å². The summed E-state index contributed by atoms with van der Waals surface area (Å²) < 4.78 is 4.81. The molecule has 15 heavy (non-hydrogen) atoms. The van der Waals surface area contributed by atoms with E-state index in [9.17, 15) is 4.79 Å². The highest BCUT2D eigenvalue weighted by Crippen LogP contribution is 2.16. The van der Waals surface area contributed by atoms with Crippen molar-refractivity contribution in [3.05, 3.63) is 23.1 Å². The summed E-state index contributed by atoms with van der Waals surface area (Å²) >= 11 is 11.4. The molecule has 1 rings (SSSR count). The summed E-state index contributed by atoms with van der Waals surface area (Å²) in [7, 11) is 0. The van der Waals surface area contributed by atoms with Crippen LogP contribution in [-0.2, 0) is 0 Å². The molecular formula is C10H13Cl2NO2. The third-order valence-corrected chi connectivity index (χ3v) is 2.44. The third kappa shape index (κ3) is 4.14. The van der Waals surface area contributed by atoms with Crippen LogP contribution in [0.4, 0.5) is 0 Å². The first-order chi connectivity index (χ1) is 7.11. The van der Waals surface area contributed by atoms with Crippen LogP contribution in [0.3, 0.4) is 0 Å². The fourth-order valence-corrected chi connectivity index (χ4v) is 1.49. The van der Waals surface area contributed by atoms with Gasteiger partial charge in [-0.15, -0.1) is 11.6 Å². The first-order valence-corrected chi connectivity index (χ1v) is 5.58. The lowest BCUT2D eigenvalue weighted by molar-refractivity contribution is 0.0952. The van der Waals surface area contributed by atoms with Crippen LogP contribution in [0.2, 0.25) is 5.22 Å². The van der Waals surface area contributed by atoms with Crippen molar-refractivity contribution in [1.82, 2.24) is 5.32 Å². The second-order valence-electron chi connectivity index (χ2n) is 3.29. The van der Waals surface area contributed by atoms with Gasteiger partial charge in [-0.25, -0.2) is 0 Å². The molecule has 1 heterocycles. The van der Waals surface area contributed by atoms with Crippen molar-refractivity contribution < 1.29 is 9.21 Å². The molecule has 0 radical (unpaired) electrons. The normalized spacial score (nSPS) is 12.5. The summed E-state index contributed by atoms with van der Waals surface area (Å²) in [5.41, 5.74) is 0.371. The Bertz CT molecular complexity index is 323. The van der Waals surface area contributed by atoms with Crippen molar-refractivity contribution in [2.75, 3.05) is 6.54 Å². The number of nitrogens with one attached hydrogen (secondary N) is 1. The Morgan fingerprint density at radius 3 is 2.93 bits per heavy atom. The van der Waals surface area contributed by atoms with Crippen LogP contribution in [0.5, 0.6) is 0 Å². The second-order valence-corrected chi connectivity index (χ2v) is 4.38. The molecule has 3 nitrogen and oxygen atoms in total. The number of hydrogen-bond acceptors (Lipinski definition) is 2. The van der Waals surface area contributed by atoms with E-state index in [-0.39, 0.29) is 16.5 Å². The lowest BCUT2D eigenvalue weighted by atomic mass is 10.2. The highest BCUT2D eigenvalue weighted by molar-refractivity contribution is 6.32. The first kappa shape index (κ1) is 12.4. The quantitative estimate of drug-likeness (QED) is 0.644. The van der Waals surface area contributed by atoms with Gasteiger partial charge in [0.25, 0.3) is 5.91 Å². The van der Waals surface area contributed by atoms with Crippen molar-refractivity contribution >= 4 is 29.1 Å². The Morgan fingerprint density at radius 2 is 2.40 bits per heavy atom. The highest BCUT2D eigenvalue weighted by atomic mass is 35.5. The Labute approximate surface area is 98.7 Å². The number of amides is 1. The van der Waals surface area contributed by atoms with Gasteiger partial charge in [0, 0.05) is 11.9 Å². The van der Waals surface area contributed by atoms with Gasteiger partial charge in [0.05, 0.1) is 11.8 Å². The minimum Gasteiger partial charge on any atom is -0.452 e. The molecule has 1 unspecified atom stereocenters. The predicted octanol–water partition coefficient (Wildman–Crippen LogP) is 3.07. The topological polar surface area (TPSA) is 42.2 Å². The zero-order valence-corrected chi connectivity index (χ0v) is 9.94. The molecular weight excluding hydrogens is 237 g/mol. The zero-order valence-electron chi connectivity index (χ0n) is 8.43. The molecule has 1 N–H and O–H groups in total. The van der Waals surface area contributed by atoms with Crippen LogP contribution in [0.25, 0.3) is 0 Å². The number of alkyl halides is 1. The van der Waals surface area contributed by atoms with Crippen molar-refractivity contribution in [2.24, 2.45) is 0 Å². The van der Waals surface area contributed by atoms with E-state index in [1.807, 2.05) is 6.92 Å². The fourth-order valence-electron chi connectivity index (χ4n) is 1.14. The summed E-state index contributed by atoms with van der Waals surface area (Å²) in [5.74, 6) is -0.212. The predicted molar refractivity (Wildman–Crippen MR) is 60.6 cm³/mol. The van der Waals surface area contributed by atoms with Gasteiger partial charge in [0.2, 0.25) is 5.22 Å². The Kier molecular flexibility index (Phi) is 4.99. The van der Waals surface area contributed by atoms with Crippen LogP contribution < -0.4 is 5.32 Å². The number of rotatable bonds is 5. The molecule has 0 aliphatic heterocycles. The smallest absolute Gasteiger partial charge is 0.256 e. The molecule has 0 saturated carbocycles. The molecule has 0 aromatic carbocycles. The molecule has 1 aromatic rings. The summed E-state index contributed by atoms with van der Waals surface area (Å²) in [6.07, 6.45) is 3.12. The first-order valence-electron chi connectivity index (χ1n) is 4.76. The van der Waals surface area contributed by atoms with Gasteiger partial charge >= 0.3 is 0 Å². The molecule has 1 aromatic heterocycles. The maximum Gasteiger partial charge on any atom is 0.256 e. The minimum atomic E-state index is -0.212. The lowest BCUT2D eigenvalue weighted by Crippen LogP contribution is -2.24. The SMILES string of the molecule is CC(Cl)CCCNC(=O)c1ccoc1Cl. The number of hydrogen-bond donors (Lipinski definition) is 1. The van der Waals surface area contributed by atoms with Crippen LogP contribution in [0.15, 0.2) is 16.7 Å². The van der Waals surface area contributed by atoms with E-state index in [1.165, 1.54) is 6.26 Å². The average molecular weight is 250 g/mol. The van der Waals surface area contributed by atoms with Crippen LogP contribution in [0, 0.1) is 0 Å². The molecule has 0 spiro atoms. The van der Waals surface area contributed by atoms with E-state index in [1.54, 1.807) is 6.07 Å². The van der Waals surface area contributed by atoms with E-state index in [0.29, 0.717) is 12.1 Å². The van der Waals surface area contributed by atoms with E-state index in [4.69, 9.17) is 27.6 Å². The maximum atomic E-state index is 11.5. The Hall–Kier alpha value is -0.670. The van der Waals surface area contributed by atoms with Crippen molar-refractivity contribution in [2.45, 2.75) is 25.1 Å². The molecule has 1 atom stereocenters. The number of halogens is 2. The van der Waals surface area contributed by atoms with Gasteiger partial charge in [0.1, 0.15) is 0 Å². The molecule has 0 saturated heterocycles. The van der Waals surface area contributed by atoms with Gasteiger partial charge in [-0.1, -0.05) is 0 Å². The van der Waals surface area contributed by atoms with Gasteiger partial charge < -0.3 is 9.73 Å². The van der Waals surface area contributed by atoms with E-state index in [2.05, 4.69) is 5.32 Å². The molecule has 0 fully saturated rings. The summed E-state index contributed by atoms with van der Waals surface area (Å²) in [5, 5.41) is 3.00. The summed E-state index contributed by atoms with van der Waals surface area (Å²) in [6.45, 7) is 2.52. The highest BCUT2D eigenvalue weighted by Gasteiger charge is 2.11. The van der Waals surface area contributed by atoms with Crippen LogP contribution in [-0.4, -0.2) is 17.8 Å². The standard InChI is InChI=1S/C10H13Cl2NO2/c1-7(11)3-2-5-13-10(14)8-4-6-15-9(8)12/h4,6-7H,2-3,5H2,1H3,(H,13,14). The van der Waals surface area contributed by atoms with Gasteiger partial charge in [0.15, 0.2) is 0 Å². The minimum absolute atomic E-state index is 0.123. The Morgan fingerprint density at radius 1 is 1.67 bits per heavy atom. The largest absolute Gasteiger partial charge is 0.452 e. The van der Waals surface area contributed by atoms with Crippen molar-refractivity contribution in [3.63, 3.8) is 0 Å².